The Kier molecular flexibility index (Phi) is 3.99. The maximum absolute atomic E-state index is 13.7. The van der Waals surface area contributed by atoms with Crippen molar-refractivity contribution in [2.75, 3.05) is 17.7 Å². The van der Waals surface area contributed by atoms with E-state index in [9.17, 15) is 4.39 Å². The van der Waals surface area contributed by atoms with Crippen LogP contribution in [0.2, 0.25) is 0 Å². The summed E-state index contributed by atoms with van der Waals surface area (Å²) in [6.07, 6.45) is 0. The standard InChI is InChI=1S/C13H14BrFN4/c1-7-12(16-3)17-8(2)18-13(7)19-11-6-9(14)4-5-10(11)15/h4-6H,1-3H3,(H2,16,17,18,19). The van der Waals surface area contributed by atoms with E-state index >= 15 is 0 Å². The summed E-state index contributed by atoms with van der Waals surface area (Å²) in [6, 6.07) is 4.72. The maximum atomic E-state index is 13.7. The number of hydrogen-bond donors (Lipinski definition) is 2. The van der Waals surface area contributed by atoms with Crippen LogP contribution < -0.4 is 10.6 Å². The van der Waals surface area contributed by atoms with E-state index in [1.165, 1.54) is 6.07 Å². The van der Waals surface area contributed by atoms with Crippen molar-refractivity contribution in [2.24, 2.45) is 0 Å². The quantitative estimate of drug-likeness (QED) is 0.902. The minimum Gasteiger partial charge on any atom is -0.373 e. The van der Waals surface area contributed by atoms with Crippen LogP contribution in [-0.2, 0) is 0 Å². The highest BCUT2D eigenvalue weighted by Gasteiger charge is 2.10. The third kappa shape index (κ3) is 3.01. The van der Waals surface area contributed by atoms with Gasteiger partial charge in [-0.2, -0.15) is 0 Å². The lowest BCUT2D eigenvalue weighted by atomic mass is 10.2. The predicted molar refractivity (Wildman–Crippen MR) is 78.4 cm³/mol. The van der Waals surface area contributed by atoms with Crippen molar-refractivity contribution in [3.63, 3.8) is 0 Å². The molecule has 1 aromatic heterocycles. The zero-order chi connectivity index (χ0) is 14.0. The fourth-order valence-corrected chi connectivity index (χ4v) is 2.08. The molecule has 6 heteroatoms. The van der Waals surface area contributed by atoms with Crippen molar-refractivity contribution in [2.45, 2.75) is 13.8 Å². The zero-order valence-electron chi connectivity index (χ0n) is 10.9. The molecule has 0 aliphatic rings. The molecule has 1 aromatic carbocycles. The second kappa shape index (κ2) is 5.52. The van der Waals surface area contributed by atoms with Crippen LogP contribution in [0.15, 0.2) is 22.7 Å². The number of benzene rings is 1. The Bertz CT molecular complexity index is 616. The van der Waals surface area contributed by atoms with Crippen molar-refractivity contribution in [3.8, 4) is 0 Å². The van der Waals surface area contributed by atoms with Crippen LogP contribution in [0.4, 0.5) is 21.7 Å². The summed E-state index contributed by atoms with van der Waals surface area (Å²) in [7, 11) is 1.79. The minimum absolute atomic E-state index is 0.329. The molecule has 0 aliphatic heterocycles. The van der Waals surface area contributed by atoms with Gasteiger partial charge in [0, 0.05) is 17.1 Å². The lowest BCUT2D eigenvalue weighted by Gasteiger charge is -2.13. The molecule has 100 valence electrons. The molecule has 2 N–H and O–H groups in total. The Morgan fingerprint density at radius 3 is 2.53 bits per heavy atom. The van der Waals surface area contributed by atoms with Gasteiger partial charge in [-0.25, -0.2) is 14.4 Å². The molecule has 0 fully saturated rings. The molecule has 0 bridgehead atoms. The lowest BCUT2D eigenvalue weighted by molar-refractivity contribution is 0.631. The summed E-state index contributed by atoms with van der Waals surface area (Å²) in [6.45, 7) is 3.67. The monoisotopic (exact) mass is 324 g/mol. The van der Waals surface area contributed by atoms with E-state index in [-0.39, 0.29) is 5.82 Å². The molecule has 0 unspecified atom stereocenters. The van der Waals surface area contributed by atoms with Crippen molar-refractivity contribution in [1.29, 1.82) is 0 Å². The Hall–Kier alpha value is -1.69. The fourth-order valence-electron chi connectivity index (χ4n) is 1.71. The molecule has 0 amide bonds. The summed E-state index contributed by atoms with van der Waals surface area (Å²) in [5.41, 5.74) is 1.21. The molecule has 0 aliphatic carbocycles. The molecule has 0 spiro atoms. The summed E-state index contributed by atoms with van der Waals surface area (Å²) in [5.74, 6) is 1.61. The van der Waals surface area contributed by atoms with E-state index in [0.717, 1.165) is 15.9 Å². The van der Waals surface area contributed by atoms with Gasteiger partial charge in [-0.15, -0.1) is 0 Å². The Morgan fingerprint density at radius 1 is 1.16 bits per heavy atom. The topological polar surface area (TPSA) is 49.8 Å². The number of nitrogens with zero attached hydrogens (tertiary/aromatic N) is 2. The lowest BCUT2D eigenvalue weighted by Crippen LogP contribution is -2.06. The molecular weight excluding hydrogens is 311 g/mol. The van der Waals surface area contributed by atoms with Gasteiger partial charge in [0.1, 0.15) is 23.3 Å². The van der Waals surface area contributed by atoms with Gasteiger partial charge >= 0.3 is 0 Å². The molecule has 4 nitrogen and oxygen atoms in total. The van der Waals surface area contributed by atoms with E-state index in [2.05, 4.69) is 36.5 Å². The average molecular weight is 325 g/mol. The first-order chi connectivity index (χ1) is 9.01. The highest BCUT2D eigenvalue weighted by molar-refractivity contribution is 9.10. The van der Waals surface area contributed by atoms with Gasteiger partial charge in [-0.1, -0.05) is 15.9 Å². The second-order valence-electron chi connectivity index (χ2n) is 4.09. The molecule has 19 heavy (non-hydrogen) atoms. The summed E-state index contributed by atoms with van der Waals surface area (Å²) in [5, 5.41) is 5.99. The van der Waals surface area contributed by atoms with Gasteiger partial charge in [0.2, 0.25) is 0 Å². The van der Waals surface area contributed by atoms with Crippen LogP contribution in [0.25, 0.3) is 0 Å². The third-order valence-electron chi connectivity index (χ3n) is 2.68. The first-order valence-corrected chi connectivity index (χ1v) is 6.55. The summed E-state index contributed by atoms with van der Waals surface area (Å²) in [4.78, 5) is 8.57. The SMILES string of the molecule is CNc1nc(C)nc(Nc2cc(Br)ccc2F)c1C. The molecule has 2 rings (SSSR count). The predicted octanol–water partition coefficient (Wildman–Crippen LogP) is 3.78. The van der Waals surface area contributed by atoms with Gasteiger partial charge in [0.15, 0.2) is 0 Å². The van der Waals surface area contributed by atoms with Gasteiger partial charge < -0.3 is 10.6 Å². The first-order valence-electron chi connectivity index (χ1n) is 5.76. The van der Waals surface area contributed by atoms with Crippen LogP contribution >= 0.6 is 15.9 Å². The number of anilines is 3. The first kappa shape index (κ1) is 13.7. The summed E-state index contributed by atoms with van der Waals surface area (Å²) >= 11 is 3.32. The number of rotatable bonds is 3. The van der Waals surface area contributed by atoms with E-state index in [1.54, 1.807) is 26.1 Å². The molecule has 0 saturated carbocycles. The van der Waals surface area contributed by atoms with Crippen molar-refractivity contribution < 1.29 is 4.39 Å². The van der Waals surface area contributed by atoms with E-state index < -0.39 is 0 Å². The van der Waals surface area contributed by atoms with Crippen molar-refractivity contribution in [1.82, 2.24) is 9.97 Å². The highest BCUT2D eigenvalue weighted by Crippen LogP contribution is 2.26. The fraction of sp³-hybridized carbons (Fsp3) is 0.231. The van der Waals surface area contributed by atoms with Gasteiger partial charge in [-0.3, -0.25) is 0 Å². The third-order valence-corrected chi connectivity index (χ3v) is 3.17. The van der Waals surface area contributed by atoms with Gasteiger partial charge in [-0.05, 0) is 32.0 Å². The van der Waals surface area contributed by atoms with E-state index in [4.69, 9.17) is 0 Å². The minimum atomic E-state index is -0.329. The smallest absolute Gasteiger partial charge is 0.146 e. The molecule has 0 saturated heterocycles. The second-order valence-corrected chi connectivity index (χ2v) is 5.01. The number of nitrogens with one attached hydrogen (secondary N) is 2. The average Bonchev–Trinajstić information content (AvgIpc) is 2.37. The van der Waals surface area contributed by atoms with Crippen molar-refractivity contribution >= 4 is 33.3 Å². The maximum Gasteiger partial charge on any atom is 0.146 e. The van der Waals surface area contributed by atoms with Crippen LogP contribution in [0, 0.1) is 19.7 Å². The van der Waals surface area contributed by atoms with Gasteiger partial charge in [0.25, 0.3) is 0 Å². The van der Waals surface area contributed by atoms with E-state index in [1.807, 2.05) is 6.92 Å². The van der Waals surface area contributed by atoms with Gasteiger partial charge in [0.05, 0.1) is 5.69 Å². The zero-order valence-corrected chi connectivity index (χ0v) is 12.5. The molecular formula is C13H14BrFN4. The number of aromatic nitrogens is 2. The van der Waals surface area contributed by atoms with Crippen LogP contribution in [0.3, 0.4) is 0 Å². The van der Waals surface area contributed by atoms with Crippen LogP contribution in [0.5, 0.6) is 0 Å². The number of halogens is 2. The summed E-state index contributed by atoms with van der Waals surface area (Å²) < 4.78 is 14.5. The number of hydrogen-bond acceptors (Lipinski definition) is 4. The highest BCUT2D eigenvalue weighted by atomic mass is 79.9. The number of aryl methyl sites for hydroxylation is 1. The Balaban J connectivity index is 2.43. The molecule has 0 radical (unpaired) electrons. The molecule has 0 atom stereocenters. The molecule has 1 heterocycles. The Labute approximate surface area is 119 Å². The normalized spacial score (nSPS) is 10.4. The largest absolute Gasteiger partial charge is 0.373 e. The molecule has 2 aromatic rings. The van der Waals surface area contributed by atoms with Crippen molar-refractivity contribution in [3.05, 3.63) is 39.9 Å². The Morgan fingerprint density at radius 2 is 1.84 bits per heavy atom. The van der Waals surface area contributed by atoms with Crippen LogP contribution in [-0.4, -0.2) is 17.0 Å². The van der Waals surface area contributed by atoms with Crippen LogP contribution in [0.1, 0.15) is 11.4 Å². The van der Waals surface area contributed by atoms with E-state index in [0.29, 0.717) is 17.3 Å².